The number of aromatic nitrogens is 4. The largest absolute Gasteiger partial charge is 0.378 e. The number of rotatable bonds is 6. The number of ether oxygens (including phenoxy) is 1. The van der Waals surface area contributed by atoms with E-state index in [9.17, 15) is 4.39 Å². The Bertz CT molecular complexity index is 979. The van der Waals surface area contributed by atoms with Gasteiger partial charge in [0.1, 0.15) is 5.82 Å². The van der Waals surface area contributed by atoms with E-state index in [0.717, 1.165) is 62.4 Å². The average Bonchev–Trinajstić information content (AvgIpc) is 3.26. The fourth-order valence-corrected chi connectivity index (χ4v) is 4.33. The normalized spacial score (nSPS) is 18.5. The van der Waals surface area contributed by atoms with Gasteiger partial charge in [0, 0.05) is 32.1 Å². The molecule has 0 radical (unpaired) electrons. The van der Waals surface area contributed by atoms with Gasteiger partial charge in [0.15, 0.2) is 11.6 Å². The monoisotopic (exact) mass is 425 g/mol. The van der Waals surface area contributed by atoms with E-state index < -0.39 is 5.82 Å². The maximum Gasteiger partial charge on any atom is 0.227 e. The van der Waals surface area contributed by atoms with Gasteiger partial charge >= 0.3 is 0 Å². The Morgan fingerprint density at radius 3 is 2.71 bits per heavy atom. The van der Waals surface area contributed by atoms with Gasteiger partial charge in [-0.2, -0.15) is 4.98 Å². The Morgan fingerprint density at radius 2 is 1.90 bits per heavy atom. The molecule has 5 rings (SSSR count). The third kappa shape index (κ3) is 4.62. The molecule has 2 aliphatic rings. The molecule has 2 N–H and O–H groups in total. The maximum absolute atomic E-state index is 14.2. The third-order valence-electron chi connectivity index (χ3n) is 6.13. The van der Waals surface area contributed by atoms with E-state index in [1.807, 2.05) is 23.1 Å². The molecule has 0 aliphatic carbocycles. The van der Waals surface area contributed by atoms with Crippen LogP contribution in [0, 0.1) is 5.82 Å². The number of nitrogens with one attached hydrogen (secondary N) is 2. The van der Waals surface area contributed by atoms with Gasteiger partial charge in [-0.05, 0) is 38.1 Å². The van der Waals surface area contributed by atoms with E-state index in [2.05, 4.69) is 31.2 Å². The number of imidazole rings is 1. The lowest BCUT2D eigenvalue weighted by atomic mass is 9.96. The molecule has 4 heterocycles. The molecule has 3 aromatic rings. The number of anilines is 2. The highest BCUT2D eigenvalue weighted by Gasteiger charge is 2.23. The van der Waals surface area contributed by atoms with Crippen LogP contribution in [0.1, 0.15) is 24.6 Å². The van der Waals surface area contributed by atoms with Gasteiger partial charge in [0.05, 0.1) is 30.4 Å². The molecule has 31 heavy (non-hydrogen) atoms. The second kappa shape index (κ2) is 9.15. The Balaban J connectivity index is 1.11. The van der Waals surface area contributed by atoms with Crippen molar-refractivity contribution >= 4 is 22.8 Å². The summed E-state index contributed by atoms with van der Waals surface area (Å²) in [6.07, 6.45) is 3.39. The molecule has 0 saturated carbocycles. The van der Waals surface area contributed by atoms with Gasteiger partial charge in [0.25, 0.3) is 0 Å². The highest BCUT2D eigenvalue weighted by Crippen LogP contribution is 2.27. The number of para-hydroxylation sites is 2. The zero-order valence-electron chi connectivity index (χ0n) is 17.6. The van der Waals surface area contributed by atoms with Gasteiger partial charge in [-0.25, -0.2) is 14.4 Å². The van der Waals surface area contributed by atoms with Gasteiger partial charge < -0.3 is 24.8 Å². The molecule has 2 aliphatic heterocycles. The fraction of sp³-hybridized carbons (Fsp3) is 0.500. The van der Waals surface area contributed by atoms with Crippen LogP contribution in [-0.4, -0.2) is 77.3 Å². The summed E-state index contributed by atoms with van der Waals surface area (Å²) in [6, 6.07) is 8.17. The Morgan fingerprint density at radius 1 is 1.10 bits per heavy atom. The summed E-state index contributed by atoms with van der Waals surface area (Å²) in [4.78, 5) is 21.2. The highest BCUT2D eigenvalue weighted by molar-refractivity contribution is 5.74. The summed E-state index contributed by atoms with van der Waals surface area (Å²) in [5.74, 6) is 1.97. The summed E-state index contributed by atoms with van der Waals surface area (Å²) >= 11 is 0. The SMILES string of the molecule is Fc1cnc(N2CCOCC2)nc1NCCN1CCC(c2nc3ccccc3[nH]2)CC1. The van der Waals surface area contributed by atoms with Crippen molar-refractivity contribution in [1.29, 1.82) is 0 Å². The molecule has 0 amide bonds. The van der Waals surface area contributed by atoms with Crippen molar-refractivity contribution in [1.82, 2.24) is 24.8 Å². The van der Waals surface area contributed by atoms with Gasteiger partial charge in [-0.3, -0.25) is 0 Å². The summed E-state index contributed by atoms with van der Waals surface area (Å²) in [5.41, 5.74) is 2.14. The van der Waals surface area contributed by atoms with Crippen molar-refractivity contribution < 1.29 is 9.13 Å². The van der Waals surface area contributed by atoms with Crippen molar-refractivity contribution in [3.63, 3.8) is 0 Å². The van der Waals surface area contributed by atoms with Crippen LogP contribution in [0.25, 0.3) is 11.0 Å². The van der Waals surface area contributed by atoms with Crippen molar-refractivity contribution in [2.75, 3.05) is 62.7 Å². The lowest BCUT2D eigenvalue weighted by Crippen LogP contribution is -2.38. The number of halogens is 1. The summed E-state index contributed by atoms with van der Waals surface area (Å²) in [7, 11) is 0. The number of aromatic amines is 1. The van der Waals surface area contributed by atoms with Crippen molar-refractivity contribution in [2.45, 2.75) is 18.8 Å². The number of hydrogen-bond acceptors (Lipinski definition) is 7. The number of piperidine rings is 1. The summed E-state index contributed by atoms with van der Waals surface area (Å²) in [5, 5.41) is 3.16. The van der Waals surface area contributed by atoms with Crippen molar-refractivity contribution in [2.24, 2.45) is 0 Å². The van der Waals surface area contributed by atoms with E-state index in [-0.39, 0.29) is 5.82 Å². The Kier molecular flexibility index (Phi) is 5.95. The first-order valence-corrected chi connectivity index (χ1v) is 11.0. The summed E-state index contributed by atoms with van der Waals surface area (Å²) in [6.45, 7) is 6.26. The molecule has 0 unspecified atom stereocenters. The number of likely N-dealkylation sites (tertiary alicyclic amines) is 1. The molecular weight excluding hydrogens is 397 g/mol. The van der Waals surface area contributed by atoms with Crippen LogP contribution in [0.2, 0.25) is 0 Å². The number of hydrogen-bond donors (Lipinski definition) is 2. The van der Waals surface area contributed by atoms with Crippen LogP contribution in [0.3, 0.4) is 0 Å². The van der Waals surface area contributed by atoms with Gasteiger partial charge in [-0.1, -0.05) is 12.1 Å². The lowest BCUT2D eigenvalue weighted by Gasteiger charge is -2.31. The zero-order valence-corrected chi connectivity index (χ0v) is 17.6. The molecular formula is C22H28FN7O. The molecule has 0 bridgehead atoms. The number of benzene rings is 1. The third-order valence-corrected chi connectivity index (χ3v) is 6.13. The minimum atomic E-state index is -0.416. The minimum Gasteiger partial charge on any atom is -0.378 e. The molecule has 9 heteroatoms. The van der Waals surface area contributed by atoms with E-state index >= 15 is 0 Å². The number of fused-ring (bicyclic) bond motifs is 1. The summed E-state index contributed by atoms with van der Waals surface area (Å²) < 4.78 is 19.5. The van der Waals surface area contributed by atoms with Gasteiger partial charge in [0.2, 0.25) is 5.95 Å². The van der Waals surface area contributed by atoms with Crippen molar-refractivity contribution in [3.8, 4) is 0 Å². The average molecular weight is 426 g/mol. The standard InChI is InChI=1S/C22H28FN7O/c23-17-15-25-22(30-11-13-31-14-12-30)28-21(17)24-7-10-29-8-5-16(6-9-29)20-26-18-3-1-2-4-19(18)27-20/h1-4,15-16H,5-14H2,(H,26,27)(H,24,25,28). The predicted molar refractivity (Wildman–Crippen MR) is 118 cm³/mol. The second-order valence-corrected chi connectivity index (χ2v) is 8.15. The predicted octanol–water partition coefficient (Wildman–Crippen LogP) is 2.62. The van der Waals surface area contributed by atoms with Gasteiger partial charge in [-0.15, -0.1) is 0 Å². The maximum atomic E-state index is 14.2. The van der Waals surface area contributed by atoms with E-state index in [1.54, 1.807) is 0 Å². The molecule has 164 valence electrons. The fourth-order valence-electron chi connectivity index (χ4n) is 4.33. The number of nitrogens with zero attached hydrogens (tertiary/aromatic N) is 5. The first-order chi connectivity index (χ1) is 15.3. The first-order valence-electron chi connectivity index (χ1n) is 11.0. The molecule has 2 aromatic heterocycles. The van der Waals surface area contributed by atoms with Crippen molar-refractivity contribution in [3.05, 3.63) is 42.1 Å². The molecule has 2 fully saturated rings. The smallest absolute Gasteiger partial charge is 0.227 e. The zero-order chi connectivity index (χ0) is 21.0. The first kappa shape index (κ1) is 20.1. The molecule has 2 saturated heterocycles. The van der Waals surface area contributed by atoms with E-state index in [0.29, 0.717) is 31.6 Å². The highest BCUT2D eigenvalue weighted by atomic mass is 19.1. The van der Waals surface area contributed by atoms with Crippen LogP contribution >= 0.6 is 0 Å². The number of H-pyrrole nitrogens is 1. The topological polar surface area (TPSA) is 82.2 Å². The van der Waals surface area contributed by atoms with Crippen LogP contribution in [0.5, 0.6) is 0 Å². The minimum absolute atomic E-state index is 0.272. The van der Waals surface area contributed by atoms with Crippen LogP contribution in [0.4, 0.5) is 16.2 Å². The second-order valence-electron chi connectivity index (χ2n) is 8.15. The quantitative estimate of drug-likeness (QED) is 0.628. The molecule has 1 aromatic carbocycles. The Labute approximate surface area is 180 Å². The lowest BCUT2D eigenvalue weighted by molar-refractivity contribution is 0.122. The Hall–Kier alpha value is -2.78. The number of morpholine rings is 1. The van der Waals surface area contributed by atoms with E-state index in [4.69, 9.17) is 9.72 Å². The molecule has 8 nitrogen and oxygen atoms in total. The van der Waals surface area contributed by atoms with E-state index in [1.165, 1.54) is 6.20 Å². The molecule has 0 spiro atoms. The molecule has 0 atom stereocenters. The van der Waals surface area contributed by atoms with Crippen LogP contribution in [-0.2, 0) is 4.74 Å². The van der Waals surface area contributed by atoms with Crippen LogP contribution < -0.4 is 10.2 Å². The van der Waals surface area contributed by atoms with Crippen LogP contribution in [0.15, 0.2) is 30.5 Å².